The average molecular weight is 397 g/mol. The van der Waals surface area contributed by atoms with Gasteiger partial charge in [-0.1, -0.05) is 37.6 Å². The van der Waals surface area contributed by atoms with Crippen molar-refractivity contribution >= 4 is 5.91 Å². The lowest BCUT2D eigenvalue weighted by molar-refractivity contribution is -0.129. The van der Waals surface area contributed by atoms with Gasteiger partial charge in [0.1, 0.15) is 5.75 Å². The lowest BCUT2D eigenvalue weighted by Gasteiger charge is -2.56. The highest BCUT2D eigenvalue weighted by molar-refractivity contribution is 5.78. The maximum atomic E-state index is 12.5. The Morgan fingerprint density at radius 3 is 2.93 bits per heavy atom. The summed E-state index contributed by atoms with van der Waals surface area (Å²) in [5.41, 5.74) is 3.32. The monoisotopic (exact) mass is 396 g/mol. The molecule has 1 aromatic carbocycles. The summed E-state index contributed by atoms with van der Waals surface area (Å²) in [6.45, 7) is 7.53. The Balaban J connectivity index is 1.23. The quantitative estimate of drug-likeness (QED) is 0.492. The lowest BCUT2D eigenvalue weighted by atomic mass is 9.48. The number of allylic oxidation sites excluding steroid dienone is 1. The minimum atomic E-state index is 0.352. The van der Waals surface area contributed by atoms with Crippen LogP contribution >= 0.6 is 0 Å². The number of hydrogen-bond acceptors (Lipinski definition) is 3. The van der Waals surface area contributed by atoms with Crippen LogP contribution in [0.4, 0.5) is 0 Å². The third-order valence-corrected chi connectivity index (χ3v) is 7.79. The summed E-state index contributed by atoms with van der Waals surface area (Å²) in [5, 5.41) is 3.54. The Morgan fingerprint density at radius 2 is 2.17 bits per heavy atom. The predicted octanol–water partition coefficient (Wildman–Crippen LogP) is 4.55. The van der Waals surface area contributed by atoms with Crippen molar-refractivity contribution in [3.8, 4) is 5.75 Å². The number of nitrogens with one attached hydrogen (secondary N) is 1. The van der Waals surface area contributed by atoms with Crippen LogP contribution < -0.4 is 10.1 Å². The van der Waals surface area contributed by atoms with Crippen LogP contribution in [0.15, 0.2) is 35.9 Å². The van der Waals surface area contributed by atoms with Gasteiger partial charge in [-0.05, 0) is 73.6 Å². The molecule has 4 aliphatic rings. The van der Waals surface area contributed by atoms with Crippen molar-refractivity contribution in [1.29, 1.82) is 0 Å². The summed E-state index contributed by atoms with van der Waals surface area (Å²) >= 11 is 0. The predicted molar refractivity (Wildman–Crippen MR) is 117 cm³/mol. The van der Waals surface area contributed by atoms with E-state index in [9.17, 15) is 4.79 Å². The highest BCUT2D eigenvalue weighted by Crippen LogP contribution is 2.59. The number of hydrogen-bond donors (Lipinski definition) is 1. The molecule has 0 aromatic heterocycles. The van der Waals surface area contributed by atoms with Crippen LogP contribution in [-0.4, -0.2) is 37.0 Å². The van der Waals surface area contributed by atoms with E-state index < -0.39 is 0 Å². The molecule has 2 fully saturated rings. The van der Waals surface area contributed by atoms with Crippen LogP contribution in [0, 0.1) is 17.3 Å². The van der Waals surface area contributed by atoms with Gasteiger partial charge in [0, 0.05) is 25.6 Å². The topological polar surface area (TPSA) is 41.6 Å². The number of fused-ring (bicyclic) bond motifs is 1. The fraction of sp³-hybridized carbons (Fsp3) is 0.640. The Morgan fingerprint density at radius 1 is 1.31 bits per heavy atom. The molecule has 1 saturated carbocycles. The molecule has 1 unspecified atom stereocenters. The molecule has 3 aliphatic carbocycles. The van der Waals surface area contributed by atoms with Crippen molar-refractivity contribution in [2.24, 2.45) is 17.3 Å². The van der Waals surface area contributed by atoms with Gasteiger partial charge in [0.2, 0.25) is 5.91 Å². The molecular formula is C25H36N2O2. The molecule has 1 N–H and O–H groups in total. The van der Waals surface area contributed by atoms with Crippen LogP contribution in [0.25, 0.3) is 0 Å². The molecule has 29 heavy (non-hydrogen) atoms. The maximum absolute atomic E-state index is 12.5. The van der Waals surface area contributed by atoms with Crippen molar-refractivity contribution in [3.05, 3.63) is 41.5 Å². The third kappa shape index (κ3) is 4.23. The molecule has 158 valence electrons. The molecule has 1 aliphatic heterocycles. The first kappa shape index (κ1) is 20.5. The Labute approximate surface area is 175 Å². The van der Waals surface area contributed by atoms with Crippen LogP contribution in [-0.2, 0) is 11.3 Å². The van der Waals surface area contributed by atoms with E-state index in [2.05, 4.69) is 42.3 Å². The van der Waals surface area contributed by atoms with Crippen LogP contribution in [0.1, 0.15) is 57.9 Å². The van der Waals surface area contributed by atoms with Crippen LogP contribution in [0.5, 0.6) is 5.75 Å². The summed E-state index contributed by atoms with van der Waals surface area (Å²) < 4.78 is 5.29. The molecule has 0 spiro atoms. The third-order valence-electron chi connectivity index (χ3n) is 7.79. The second kappa shape index (κ2) is 8.51. The Bertz CT molecular complexity index is 770. The molecular weight excluding hydrogens is 360 g/mol. The first-order chi connectivity index (χ1) is 14.0. The lowest BCUT2D eigenvalue weighted by Crippen LogP contribution is -2.48. The number of amides is 1. The zero-order valence-corrected chi connectivity index (χ0v) is 18.2. The Hall–Kier alpha value is -1.81. The van der Waals surface area contributed by atoms with E-state index in [1.807, 2.05) is 12.1 Å². The number of likely N-dealkylation sites (tertiary alicyclic amines) is 1. The summed E-state index contributed by atoms with van der Waals surface area (Å²) in [6.07, 6.45) is 8.92. The molecule has 1 amide bonds. The molecule has 0 radical (unpaired) electrons. The van der Waals surface area contributed by atoms with Gasteiger partial charge in [-0.3, -0.25) is 4.79 Å². The number of nitrogens with zero attached hydrogens (tertiary/aromatic N) is 1. The molecule has 4 heteroatoms. The molecule has 3 atom stereocenters. The number of benzene rings is 1. The minimum absolute atomic E-state index is 0.352. The standard InChI is InChI=1S/C25H36N2O2/c1-25(2)20-8-7-19(23(25)16-20)12-14-27-21(9-10-24(27)28)11-13-26-17-18-5-4-6-22(15-18)29-3/h4-7,15,20-21,23,26H,8-14,16-17H2,1-3H3/t20-,21?,23-/m0/s1. The second-order valence-electron chi connectivity index (χ2n) is 9.67. The average Bonchev–Trinajstić information content (AvgIpc) is 3.09. The van der Waals surface area contributed by atoms with E-state index >= 15 is 0 Å². The van der Waals surface area contributed by atoms with E-state index in [0.29, 0.717) is 17.4 Å². The van der Waals surface area contributed by atoms with E-state index in [0.717, 1.165) is 62.9 Å². The fourth-order valence-corrected chi connectivity index (χ4v) is 5.69. The van der Waals surface area contributed by atoms with Gasteiger partial charge in [0.05, 0.1) is 7.11 Å². The van der Waals surface area contributed by atoms with E-state index in [1.54, 1.807) is 12.7 Å². The molecule has 1 aromatic rings. The van der Waals surface area contributed by atoms with Gasteiger partial charge >= 0.3 is 0 Å². The van der Waals surface area contributed by atoms with E-state index in [1.165, 1.54) is 18.4 Å². The minimum Gasteiger partial charge on any atom is -0.497 e. The number of ether oxygens (including phenoxy) is 1. The maximum Gasteiger partial charge on any atom is 0.222 e. The summed E-state index contributed by atoms with van der Waals surface area (Å²) in [6, 6.07) is 8.58. The molecule has 5 rings (SSSR count). The molecule has 2 bridgehead atoms. The second-order valence-corrected chi connectivity index (χ2v) is 9.67. The summed E-state index contributed by atoms with van der Waals surface area (Å²) in [4.78, 5) is 14.6. The smallest absolute Gasteiger partial charge is 0.222 e. The van der Waals surface area contributed by atoms with Gasteiger partial charge in [0.25, 0.3) is 0 Å². The largest absolute Gasteiger partial charge is 0.497 e. The summed E-state index contributed by atoms with van der Waals surface area (Å²) in [7, 11) is 1.70. The van der Waals surface area contributed by atoms with E-state index in [4.69, 9.17) is 4.74 Å². The Kier molecular flexibility index (Phi) is 6.00. The number of carbonyl (C=O) groups is 1. The number of carbonyl (C=O) groups excluding carboxylic acids is 1. The van der Waals surface area contributed by atoms with Gasteiger partial charge < -0.3 is 15.0 Å². The van der Waals surface area contributed by atoms with E-state index in [-0.39, 0.29) is 0 Å². The van der Waals surface area contributed by atoms with Gasteiger partial charge in [-0.15, -0.1) is 0 Å². The summed E-state index contributed by atoms with van der Waals surface area (Å²) in [5.74, 6) is 2.88. The highest BCUT2D eigenvalue weighted by atomic mass is 16.5. The number of methoxy groups -OCH3 is 1. The highest BCUT2D eigenvalue weighted by Gasteiger charge is 2.50. The van der Waals surface area contributed by atoms with Crippen molar-refractivity contribution in [2.75, 3.05) is 20.2 Å². The van der Waals surface area contributed by atoms with Gasteiger partial charge in [0.15, 0.2) is 0 Å². The van der Waals surface area contributed by atoms with Crippen LogP contribution in [0.3, 0.4) is 0 Å². The van der Waals surface area contributed by atoms with Crippen molar-refractivity contribution in [2.45, 2.75) is 65.0 Å². The van der Waals surface area contributed by atoms with Crippen molar-refractivity contribution in [1.82, 2.24) is 10.2 Å². The van der Waals surface area contributed by atoms with Crippen molar-refractivity contribution < 1.29 is 9.53 Å². The zero-order valence-electron chi connectivity index (χ0n) is 18.2. The fourth-order valence-electron chi connectivity index (χ4n) is 5.69. The zero-order chi connectivity index (χ0) is 20.4. The van der Waals surface area contributed by atoms with Gasteiger partial charge in [-0.2, -0.15) is 0 Å². The van der Waals surface area contributed by atoms with Crippen molar-refractivity contribution in [3.63, 3.8) is 0 Å². The normalized spacial score (nSPS) is 27.6. The number of rotatable bonds is 9. The first-order valence-electron chi connectivity index (χ1n) is 11.3. The van der Waals surface area contributed by atoms with Gasteiger partial charge in [-0.25, -0.2) is 0 Å². The molecule has 4 nitrogen and oxygen atoms in total. The molecule has 1 heterocycles. The SMILES string of the molecule is COc1cccc(CNCCC2CCC(=O)N2CCC2=CC[C@H]3C[C@@H]2C3(C)C)c1. The molecule has 1 saturated heterocycles. The van der Waals surface area contributed by atoms with Crippen LogP contribution in [0.2, 0.25) is 0 Å². The first-order valence-corrected chi connectivity index (χ1v) is 11.3.